The SMILES string of the molecule is Cc1cc2cc(C(=O)N(Cc3ccc(OC4COC4)cn3)Cc3ncccn3)cnc2nc1N. The van der Waals surface area contributed by atoms with Crippen LogP contribution >= 0.6 is 0 Å². The number of pyridine rings is 3. The number of nitrogens with two attached hydrogens (primary N) is 1. The molecule has 1 amide bonds. The number of hydrogen-bond donors (Lipinski definition) is 1. The maximum atomic E-state index is 13.5. The van der Waals surface area contributed by atoms with Crippen LogP contribution in [-0.4, -0.2) is 55.0 Å². The molecule has 1 saturated heterocycles. The Hall–Kier alpha value is -4.18. The van der Waals surface area contributed by atoms with Crippen LogP contribution in [0.3, 0.4) is 0 Å². The van der Waals surface area contributed by atoms with E-state index in [1.807, 2.05) is 25.1 Å². The van der Waals surface area contributed by atoms with Crippen molar-refractivity contribution in [3.05, 3.63) is 77.8 Å². The molecule has 0 unspecified atom stereocenters. The van der Waals surface area contributed by atoms with Crippen LogP contribution in [0.15, 0.2) is 55.1 Å². The first-order valence-electron chi connectivity index (χ1n) is 10.8. The van der Waals surface area contributed by atoms with Crippen molar-refractivity contribution >= 4 is 22.8 Å². The zero-order valence-electron chi connectivity index (χ0n) is 18.6. The van der Waals surface area contributed by atoms with E-state index in [1.54, 1.807) is 35.6 Å². The Bertz CT molecular complexity index is 1310. The van der Waals surface area contributed by atoms with E-state index in [9.17, 15) is 4.79 Å². The summed E-state index contributed by atoms with van der Waals surface area (Å²) in [6.07, 6.45) is 6.53. The van der Waals surface area contributed by atoms with E-state index in [0.717, 1.165) is 10.9 Å². The molecule has 0 spiro atoms. The summed E-state index contributed by atoms with van der Waals surface area (Å²) in [7, 11) is 0. The smallest absolute Gasteiger partial charge is 0.256 e. The highest BCUT2D eigenvalue weighted by Crippen LogP contribution is 2.20. The summed E-state index contributed by atoms with van der Waals surface area (Å²) in [5.74, 6) is 1.40. The van der Waals surface area contributed by atoms with Gasteiger partial charge in [0.05, 0.1) is 43.8 Å². The molecule has 1 aliphatic heterocycles. The van der Waals surface area contributed by atoms with Gasteiger partial charge in [0.2, 0.25) is 0 Å². The predicted molar refractivity (Wildman–Crippen MR) is 124 cm³/mol. The summed E-state index contributed by atoms with van der Waals surface area (Å²) >= 11 is 0. The summed E-state index contributed by atoms with van der Waals surface area (Å²) in [5, 5.41) is 0.744. The molecule has 2 N–H and O–H groups in total. The monoisotopic (exact) mass is 457 g/mol. The van der Waals surface area contributed by atoms with Gasteiger partial charge in [-0.2, -0.15) is 0 Å². The second-order valence-electron chi connectivity index (χ2n) is 8.05. The summed E-state index contributed by atoms with van der Waals surface area (Å²) < 4.78 is 10.9. The number of nitrogen functional groups attached to an aromatic ring is 1. The van der Waals surface area contributed by atoms with Crippen LogP contribution in [0.2, 0.25) is 0 Å². The summed E-state index contributed by atoms with van der Waals surface area (Å²) in [6, 6.07) is 9.07. The van der Waals surface area contributed by atoms with Gasteiger partial charge in [-0.15, -0.1) is 0 Å². The molecule has 0 aromatic carbocycles. The number of aromatic nitrogens is 5. The number of fused-ring (bicyclic) bond motifs is 1. The zero-order chi connectivity index (χ0) is 23.5. The van der Waals surface area contributed by atoms with Crippen LogP contribution in [0.5, 0.6) is 5.75 Å². The summed E-state index contributed by atoms with van der Waals surface area (Å²) in [5.41, 5.74) is 8.35. The maximum absolute atomic E-state index is 13.5. The largest absolute Gasteiger partial charge is 0.484 e. The van der Waals surface area contributed by atoms with Crippen LogP contribution in [0.4, 0.5) is 5.82 Å². The molecular formula is C24H23N7O3. The third kappa shape index (κ3) is 4.76. The van der Waals surface area contributed by atoms with Gasteiger partial charge < -0.3 is 20.1 Å². The van der Waals surface area contributed by atoms with E-state index in [2.05, 4.69) is 24.9 Å². The normalized spacial score (nSPS) is 13.4. The van der Waals surface area contributed by atoms with Gasteiger partial charge in [-0.25, -0.2) is 19.9 Å². The van der Waals surface area contributed by atoms with E-state index in [-0.39, 0.29) is 25.1 Å². The average molecular weight is 457 g/mol. The van der Waals surface area contributed by atoms with Gasteiger partial charge in [-0.3, -0.25) is 9.78 Å². The minimum atomic E-state index is -0.218. The number of amides is 1. The number of aryl methyl sites for hydroxylation is 1. The van der Waals surface area contributed by atoms with Gasteiger partial charge in [-0.05, 0) is 42.8 Å². The lowest BCUT2D eigenvalue weighted by atomic mass is 10.1. The van der Waals surface area contributed by atoms with Crippen molar-refractivity contribution < 1.29 is 14.3 Å². The molecule has 172 valence electrons. The molecular weight excluding hydrogens is 434 g/mol. The number of carbonyl (C=O) groups excluding carboxylic acids is 1. The van der Waals surface area contributed by atoms with E-state index in [1.165, 1.54) is 6.20 Å². The fourth-order valence-corrected chi connectivity index (χ4v) is 3.51. The number of rotatable bonds is 7. The number of hydrogen-bond acceptors (Lipinski definition) is 9. The Morgan fingerprint density at radius 3 is 2.65 bits per heavy atom. The lowest BCUT2D eigenvalue weighted by Crippen LogP contribution is -2.38. The first kappa shape index (κ1) is 21.7. The molecule has 4 aromatic rings. The standard InChI is InChI=1S/C24H23N7O3/c1-15-7-16-8-17(9-29-23(16)30-22(15)25)24(32)31(12-21-26-5-2-6-27-21)11-18-3-4-19(10-28-18)34-20-13-33-14-20/h2-10,20H,11-14H2,1H3,(H2,25,29,30). The molecule has 0 radical (unpaired) electrons. The Balaban J connectivity index is 1.40. The van der Waals surface area contributed by atoms with Crippen LogP contribution in [0.1, 0.15) is 27.4 Å². The Morgan fingerprint density at radius 1 is 1.12 bits per heavy atom. The molecule has 10 nitrogen and oxygen atoms in total. The Morgan fingerprint density at radius 2 is 1.94 bits per heavy atom. The molecule has 0 bridgehead atoms. The lowest BCUT2D eigenvalue weighted by Gasteiger charge is -2.26. The topological polar surface area (TPSA) is 129 Å². The average Bonchev–Trinajstić information content (AvgIpc) is 2.82. The molecule has 34 heavy (non-hydrogen) atoms. The van der Waals surface area contributed by atoms with Crippen LogP contribution in [0, 0.1) is 6.92 Å². The molecule has 1 aliphatic rings. The fraction of sp³-hybridized carbons (Fsp3) is 0.250. The van der Waals surface area contributed by atoms with Crippen molar-refractivity contribution in [2.24, 2.45) is 0 Å². The molecule has 5 rings (SSSR count). The number of ether oxygens (including phenoxy) is 2. The third-order valence-electron chi connectivity index (χ3n) is 5.44. The van der Waals surface area contributed by atoms with Crippen LogP contribution < -0.4 is 10.5 Å². The van der Waals surface area contributed by atoms with Crippen molar-refractivity contribution in [1.82, 2.24) is 29.8 Å². The van der Waals surface area contributed by atoms with E-state index in [4.69, 9.17) is 15.2 Å². The second-order valence-corrected chi connectivity index (χ2v) is 8.05. The first-order chi connectivity index (χ1) is 16.5. The van der Waals surface area contributed by atoms with Crippen LogP contribution in [-0.2, 0) is 17.8 Å². The lowest BCUT2D eigenvalue weighted by molar-refractivity contribution is -0.0798. The van der Waals surface area contributed by atoms with Gasteiger partial charge in [0.25, 0.3) is 5.91 Å². The number of carbonyl (C=O) groups is 1. The molecule has 0 aliphatic carbocycles. The predicted octanol–water partition coefficient (Wildman–Crippen LogP) is 2.33. The highest BCUT2D eigenvalue weighted by Gasteiger charge is 2.22. The van der Waals surface area contributed by atoms with Gasteiger partial charge in [-0.1, -0.05) is 0 Å². The molecule has 1 fully saturated rings. The van der Waals surface area contributed by atoms with Crippen molar-refractivity contribution in [3.8, 4) is 5.75 Å². The van der Waals surface area contributed by atoms with Gasteiger partial charge in [0, 0.05) is 24.0 Å². The second kappa shape index (κ2) is 9.36. The quantitative estimate of drug-likeness (QED) is 0.444. The molecule has 0 atom stereocenters. The van der Waals surface area contributed by atoms with Crippen molar-refractivity contribution in [3.63, 3.8) is 0 Å². The minimum absolute atomic E-state index is 0.0647. The summed E-state index contributed by atoms with van der Waals surface area (Å²) in [4.78, 5) is 36.8. The van der Waals surface area contributed by atoms with Crippen molar-refractivity contribution in [2.75, 3.05) is 18.9 Å². The minimum Gasteiger partial charge on any atom is -0.484 e. The first-order valence-corrected chi connectivity index (χ1v) is 10.8. The Kier molecular flexibility index (Phi) is 5.96. The zero-order valence-corrected chi connectivity index (χ0v) is 18.6. The fourth-order valence-electron chi connectivity index (χ4n) is 3.51. The third-order valence-corrected chi connectivity index (χ3v) is 5.44. The number of anilines is 1. The highest BCUT2D eigenvalue weighted by molar-refractivity contribution is 5.97. The highest BCUT2D eigenvalue weighted by atomic mass is 16.6. The summed E-state index contributed by atoms with van der Waals surface area (Å²) in [6.45, 7) is 3.52. The number of nitrogens with zero attached hydrogens (tertiary/aromatic N) is 6. The molecule has 5 heterocycles. The Labute approximate surface area is 195 Å². The molecule has 10 heteroatoms. The van der Waals surface area contributed by atoms with E-state index < -0.39 is 0 Å². The van der Waals surface area contributed by atoms with Gasteiger partial charge >= 0.3 is 0 Å². The van der Waals surface area contributed by atoms with E-state index >= 15 is 0 Å². The maximum Gasteiger partial charge on any atom is 0.256 e. The van der Waals surface area contributed by atoms with E-state index in [0.29, 0.717) is 47.5 Å². The van der Waals surface area contributed by atoms with Crippen LogP contribution in [0.25, 0.3) is 11.0 Å². The van der Waals surface area contributed by atoms with Gasteiger partial charge in [0.1, 0.15) is 23.5 Å². The van der Waals surface area contributed by atoms with Gasteiger partial charge in [0.15, 0.2) is 5.65 Å². The molecule has 4 aromatic heterocycles. The van der Waals surface area contributed by atoms with Crippen molar-refractivity contribution in [2.45, 2.75) is 26.1 Å². The van der Waals surface area contributed by atoms with Crippen molar-refractivity contribution in [1.29, 1.82) is 0 Å². The molecule has 0 saturated carbocycles.